The predicted octanol–water partition coefficient (Wildman–Crippen LogP) is 4.29. The minimum absolute atomic E-state index is 0.0207. The topological polar surface area (TPSA) is 57.6 Å². The molecule has 4 heteroatoms. The number of piperidine rings is 1. The van der Waals surface area contributed by atoms with Crippen molar-refractivity contribution in [3.05, 3.63) is 107 Å². The van der Waals surface area contributed by atoms with E-state index in [4.69, 9.17) is 0 Å². The van der Waals surface area contributed by atoms with Gasteiger partial charge < -0.3 is 10.0 Å². The van der Waals surface area contributed by atoms with Crippen molar-refractivity contribution in [3.63, 3.8) is 0 Å². The summed E-state index contributed by atoms with van der Waals surface area (Å²) in [5.74, 6) is -0.147. The maximum atomic E-state index is 13.0. The van der Waals surface area contributed by atoms with Gasteiger partial charge in [0.2, 0.25) is 0 Å². The Bertz CT molecular complexity index is 969. The first-order valence-corrected chi connectivity index (χ1v) is 10.3. The normalized spacial score (nSPS) is 15.0. The second kappa shape index (κ2) is 8.64. The van der Waals surface area contributed by atoms with Crippen LogP contribution < -0.4 is 0 Å². The molecule has 1 amide bonds. The highest BCUT2D eigenvalue weighted by molar-refractivity contribution is 6.01. The van der Waals surface area contributed by atoms with Gasteiger partial charge in [0.05, 0.1) is 5.56 Å². The molecular formula is C26H25NO3. The van der Waals surface area contributed by atoms with E-state index in [2.05, 4.69) is 0 Å². The Morgan fingerprint density at radius 1 is 0.833 bits per heavy atom. The highest BCUT2D eigenvalue weighted by Gasteiger charge is 2.42. The average molecular weight is 399 g/mol. The fourth-order valence-corrected chi connectivity index (χ4v) is 4.49. The number of aldehydes is 1. The maximum Gasteiger partial charge on any atom is 0.254 e. The second-order valence-electron chi connectivity index (χ2n) is 7.77. The van der Waals surface area contributed by atoms with Gasteiger partial charge in [0, 0.05) is 18.7 Å². The van der Waals surface area contributed by atoms with Crippen molar-refractivity contribution < 1.29 is 14.7 Å². The number of carbonyl (C=O) groups is 2. The van der Waals surface area contributed by atoms with Crippen LogP contribution in [0.3, 0.4) is 0 Å². The van der Waals surface area contributed by atoms with Crippen molar-refractivity contribution in [3.8, 4) is 0 Å². The molecule has 0 spiro atoms. The fourth-order valence-electron chi connectivity index (χ4n) is 4.49. The minimum Gasteiger partial charge on any atom is -0.380 e. The number of nitrogens with zero attached hydrogens (tertiary/aromatic N) is 1. The lowest BCUT2D eigenvalue weighted by atomic mass is 9.72. The van der Waals surface area contributed by atoms with Gasteiger partial charge in [-0.2, -0.15) is 0 Å². The number of rotatable bonds is 5. The van der Waals surface area contributed by atoms with Crippen LogP contribution in [0.25, 0.3) is 0 Å². The molecular weight excluding hydrogens is 374 g/mol. The van der Waals surface area contributed by atoms with Crippen LogP contribution in [-0.4, -0.2) is 35.3 Å². The van der Waals surface area contributed by atoms with Gasteiger partial charge in [0.15, 0.2) is 6.29 Å². The molecule has 1 heterocycles. The molecule has 1 aliphatic heterocycles. The number of carbonyl (C=O) groups excluding carboxylic acids is 2. The van der Waals surface area contributed by atoms with E-state index < -0.39 is 5.60 Å². The third kappa shape index (κ3) is 3.66. The van der Waals surface area contributed by atoms with Crippen molar-refractivity contribution in [2.45, 2.75) is 18.4 Å². The van der Waals surface area contributed by atoms with Gasteiger partial charge in [0.1, 0.15) is 5.60 Å². The zero-order valence-electron chi connectivity index (χ0n) is 16.8. The van der Waals surface area contributed by atoms with Gasteiger partial charge in [0.25, 0.3) is 5.91 Å². The van der Waals surface area contributed by atoms with Crippen LogP contribution >= 0.6 is 0 Å². The summed E-state index contributed by atoms with van der Waals surface area (Å²) in [4.78, 5) is 26.1. The Balaban J connectivity index is 1.58. The van der Waals surface area contributed by atoms with Gasteiger partial charge >= 0.3 is 0 Å². The molecule has 0 saturated carbocycles. The summed E-state index contributed by atoms with van der Waals surface area (Å²) in [6.45, 7) is 1.08. The van der Waals surface area contributed by atoms with Crippen LogP contribution in [0.2, 0.25) is 0 Å². The summed E-state index contributed by atoms with van der Waals surface area (Å²) in [6, 6.07) is 26.4. The number of aliphatic hydroxyl groups is 1. The number of benzene rings is 3. The van der Waals surface area contributed by atoms with E-state index in [1.807, 2.05) is 60.7 Å². The first kappa shape index (κ1) is 20.0. The molecule has 1 N–H and O–H groups in total. The van der Waals surface area contributed by atoms with Gasteiger partial charge in [-0.3, -0.25) is 9.59 Å². The Labute approximate surface area is 176 Å². The molecule has 0 radical (unpaired) electrons. The molecule has 0 unspecified atom stereocenters. The summed E-state index contributed by atoms with van der Waals surface area (Å²) in [7, 11) is 0. The number of amides is 1. The van der Waals surface area contributed by atoms with Crippen LogP contribution in [-0.2, 0) is 5.60 Å². The van der Waals surface area contributed by atoms with E-state index in [1.54, 1.807) is 29.2 Å². The standard InChI is InChI=1S/C26H25NO3/c28-19-20-9-7-8-14-24(20)25(29)27-17-15-23(16-18-27)26(30,21-10-3-1-4-11-21)22-12-5-2-6-13-22/h1-14,19,23,30H,15-18H2. The van der Waals surface area contributed by atoms with E-state index in [0.717, 1.165) is 17.4 Å². The molecule has 0 atom stereocenters. The predicted molar refractivity (Wildman–Crippen MR) is 116 cm³/mol. The molecule has 1 aliphatic rings. The molecule has 152 valence electrons. The van der Waals surface area contributed by atoms with Gasteiger partial charge in [-0.1, -0.05) is 78.9 Å². The molecule has 3 aromatic carbocycles. The highest BCUT2D eigenvalue weighted by Crippen LogP contribution is 2.42. The molecule has 0 aromatic heterocycles. The molecule has 0 bridgehead atoms. The molecule has 30 heavy (non-hydrogen) atoms. The van der Waals surface area contributed by atoms with Crippen LogP contribution in [0.4, 0.5) is 0 Å². The van der Waals surface area contributed by atoms with Crippen LogP contribution in [0.15, 0.2) is 84.9 Å². The zero-order chi connectivity index (χ0) is 21.0. The molecule has 1 fully saturated rings. The van der Waals surface area contributed by atoms with Crippen molar-refractivity contribution in [1.82, 2.24) is 4.90 Å². The van der Waals surface area contributed by atoms with E-state index >= 15 is 0 Å². The van der Waals surface area contributed by atoms with Crippen molar-refractivity contribution in [2.24, 2.45) is 5.92 Å². The summed E-state index contributed by atoms with van der Waals surface area (Å²) in [5, 5.41) is 12.0. The van der Waals surface area contributed by atoms with Crippen molar-refractivity contribution >= 4 is 12.2 Å². The zero-order valence-corrected chi connectivity index (χ0v) is 16.8. The third-order valence-electron chi connectivity index (χ3n) is 6.12. The summed E-state index contributed by atoms with van der Waals surface area (Å²) in [5.41, 5.74) is 1.47. The number of likely N-dealkylation sites (tertiary alicyclic amines) is 1. The number of hydrogen-bond acceptors (Lipinski definition) is 3. The lowest BCUT2D eigenvalue weighted by molar-refractivity contribution is -0.0122. The van der Waals surface area contributed by atoms with Crippen molar-refractivity contribution in [1.29, 1.82) is 0 Å². The minimum atomic E-state index is -1.11. The smallest absolute Gasteiger partial charge is 0.254 e. The summed E-state index contributed by atoms with van der Waals surface area (Å²) < 4.78 is 0. The second-order valence-corrected chi connectivity index (χ2v) is 7.77. The fraction of sp³-hybridized carbons (Fsp3) is 0.231. The van der Waals surface area contributed by atoms with E-state index in [1.165, 1.54) is 0 Å². The lowest BCUT2D eigenvalue weighted by Crippen LogP contribution is -2.46. The van der Waals surface area contributed by atoms with E-state index in [0.29, 0.717) is 37.1 Å². The summed E-state index contributed by atoms with van der Waals surface area (Å²) >= 11 is 0. The monoisotopic (exact) mass is 399 g/mol. The van der Waals surface area contributed by atoms with E-state index in [-0.39, 0.29) is 11.8 Å². The molecule has 3 aromatic rings. The van der Waals surface area contributed by atoms with E-state index in [9.17, 15) is 14.7 Å². The van der Waals surface area contributed by atoms with Crippen LogP contribution in [0.1, 0.15) is 44.7 Å². The molecule has 0 aliphatic carbocycles. The van der Waals surface area contributed by atoms with Crippen molar-refractivity contribution in [2.75, 3.05) is 13.1 Å². The first-order chi connectivity index (χ1) is 14.6. The number of hydrogen-bond donors (Lipinski definition) is 1. The van der Waals surface area contributed by atoms with Crippen LogP contribution in [0, 0.1) is 5.92 Å². The Kier molecular flexibility index (Phi) is 5.77. The maximum absolute atomic E-state index is 13.0. The largest absolute Gasteiger partial charge is 0.380 e. The van der Waals surface area contributed by atoms with Gasteiger partial charge in [-0.25, -0.2) is 0 Å². The SMILES string of the molecule is O=Cc1ccccc1C(=O)N1CCC(C(O)(c2ccccc2)c2ccccc2)CC1. The van der Waals surface area contributed by atoms with Gasteiger partial charge in [-0.05, 0) is 36.0 Å². The summed E-state index contributed by atoms with van der Waals surface area (Å²) in [6.07, 6.45) is 2.08. The molecule has 4 nitrogen and oxygen atoms in total. The van der Waals surface area contributed by atoms with Crippen LogP contribution in [0.5, 0.6) is 0 Å². The quantitative estimate of drug-likeness (QED) is 0.651. The molecule has 1 saturated heterocycles. The lowest BCUT2D eigenvalue weighted by Gasteiger charge is -2.42. The first-order valence-electron chi connectivity index (χ1n) is 10.3. The Morgan fingerprint density at radius 2 is 1.33 bits per heavy atom. The van der Waals surface area contributed by atoms with Gasteiger partial charge in [-0.15, -0.1) is 0 Å². The Morgan fingerprint density at radius 3 is 1.87 bits per heavy atom. The Hall–Kier alpha value is -3.24. The molecule has 4 rings (SSSR count). The average Bonchev–Trinajstić information content (AvgIpc) is 2.84. The highest BCUT2D eigenvalue weighted by atomic mass is 16.3. The third-order valence-corrected chi connectivity index (χ3v) is 6.12.